The van der Waals surface area contributed by atoms with Gasteiger partial charge in [-0.2, -0.15) is 15.8 Å². The van der Waals surface area contributed by atoms with Crippen molar-refractivity contribution in [2.24, 2.45) is 0 Å². The first-order valence-corrected chi connectivity index (χ1v) is 23.1. The van der Waals surface area contributed by atoms with Gasteiger partial charge in [0.25, 0.3) is 0 Å². The third kappa shape index (κ3) is 6.84. The van der Waals surface area contributed by atoms with Crippen molar-refractivity contribution in [3.63, 3.8) is 0 Å². The second kappa shape index (κ2) is 17.4. The highest BCUT2D eigenvalue weighted by Gasteiger charge is 2.23. The van der Waals surface area contributed by atoms with E-state index in [1.165, 1.54) is 0 Å². The smallest absolute Gasteiger partial charge is 0.194 e. The Morgan fingerprint density at radius 1 is 0.375 bits per heavy atom. The van der Waals surface area contributed by atoms with Gasteiger partial charge in [-0.15, -0.1) is 0 Å². The zero-order chi connectivity index (χ0) is 48.9. The molecule has 0 spiro atoms. The van der Waals surface area contributed by atoms with Gasteiger partial charge in [0.15, 0.2) is 11.4 Å². The van der Waals surface area contributed by atoms with Crippen LogP contribution in [0.2, 0.25) is 0 Å². The predicted molar refractivity (Wildman–Crippen MR) is 287 cm³/mol. The number of fused-ring (bicyclic) bond motifs is 6. The first-order chi connectivity index (χ1) is 35.5. The van der Waals surface area contributed by atoms with Gasteiger partial charge in [-0.3, -0.25) is 4.98 Å². The molecule has 12 rings (SSSR count). The summed E-state index contributed by atoms with van der Waals surface area (Å²) in [5, 5.41) is 34.6. The summed E-state index contributed by atoms with van der Waals surface area (Å²) in [5.74, 6) is 0. The number of hydrogen-bond donors (Lipinski definition) is 0. The molecule has 0 aliphatic heterocycles. The Morgan fingerprint density at radius 3 is 1.21 bits per heavy atom. The van der Waals surface area contributed by atoms with Crippen LogP contribution in [0.4, 0.5) is 11.4 Å². The number of rotatable bonds is 7. The fraction of sp³-hybridized carbons (Fsp3) is 0. The molecule has 3 heterocycles. The molecule has 0 N–H and O–H groups in total. The Morgan fingerprint density at radius 2 is 0.778 bits per heavy atom. The number of hydrogen-bond acceptors (Lipinski definition) is 4. The third-order valence-electron chi connectivity index (χ3n) is 13.6. The standard InChI is InChI=1S/C64H34N8/c1-68-57-17-9-7-15-49(57)43-22-27-61-54(34-43)52-32-41(47-13-5-3-11-45(47)37-66)20-25-60(52)71(61)59-24-19-40(36-65)31-51(59)56-39-70-30-29-64(56)72-62-26-21-42(48-14-6-4-12-46(48)38-67)33-53(62)55-35-44(23-28-63(55)72)50-16-8-10-18-58(50)69-2/h3-35,39H. The summed E-state index contributed by atoms with van der Waals surface area (Å²) in [6.07, 6.45) is 3.64. The molecule has 0 unspecified atom stereocenters. The molecule has 72 heavy (non-hydrogen) atoms. The Hall–Kier alpha value is -10.8. The molecule has 0 aliphatic rings. The van der Waals surface area contributed by atoms with Crippen LogP contribution in [0.25, 0.3) is 120 Å². The highest BCUT2D eigenvalue weighted by molar-refractivity contribution is 6.14. The van der Waals surface area contributed by atoms with Crippen LogP contribution in [0.1, 0.15) is 16.7 Å². The molecule has 0 radical (unpaired) electrons. The van der Waals surface area contributed by atoms with Crippen LogP contribution >= 0.6 is 0 Å². The van der Waals surface area contributed by atoms with Crippen LogP contribution in [0.15, 0.2) is 207 Å². The second-order valence-electron chi connectivity index (χ2n) is 17.4. The first kappa shape index (κ1) is 42.5. The molecule has 330 valence electrons. The highest BCUT2D eigenvalue weighted by Crippen LogP contribution is 2.45. The summed E-state index contributed by atoms with van der Waals surface area (Å²) >= 11 is 0. The third-order valence-corrected chi connectivity index (χ3v) is 13.6. The summed E-state index contributed by atoms with van der Waals surface area (Å²) in [5.41, 5.74) is 16.5. The van der Waals surface area contributed by atoms with Gasteiger partial charge in [0.05, 0.1) is 81.5 Å². The van der Waals surface area contributed by atoms with Gasteiger partial charge in [0.1, 0.15) is 0 Å². The lowest BCUT2D eigenvalue weighted by Gasteiger charge is -2.18. The molecule has 0 aliphatic carbocycles. The zero-order valence-electron chi connectivity index (χ0n) is 38.2. The van der Waals surface area contributed by atoms with Crippen LogP contribution in [0.5, 0.6) is 0 Å². The summed E-state index contributed by atoms with van der Waals surface area (Å²) in [6.45, 7) is 15.9. The molecule has 8 nitrogen and oxygen atoms in total. The van der Waals surface area contributed by atoms with Crippen molar-refractivity contribution in [3.05, 3.63) is 246 Å². The second-order valence-corrected chi connectivity index (χ2v) is 17.4. The fourth-order valence-electron chi connectivity index (χ4n) is 10.3. The van der Waals surface area contributed by atoms with Crippen LogP contribution in [-0.4, -0.2) is 14.1 Å². The summed E-state index contributed by atoms with van der Waals surface area (Å²) < 4.78 is 4.47. The molecule has 0 fully saturated rings. The molecular formula is C64H34N8. The maximum Gasteiger partial charge on any atom is 0.194 e. The van der Waals surface area contributed by atoms with Crippen LogP contribution in [-0.2, 0) is 0 Å². The maximum absolute atomic E-state index is 10.5. The minimum atomic E-state index is 0.476. The Bertz CT molecular complexity index is 4250. The van der Waals surface area contributed by atoms with E-state index in [1.807, 2.05) is 134 Å². The number of benzene rings is 9. The van der Waals surface area contributed by atoms with E-state index in [9.17, 15) is 15.8 Å². The quantitative estimate of drug-likeness (QED) is 0.149. The molecule has 12 aromatic rings. The van der Waals surface area contributed by atoms with Gasteiger partial charge in [-0.25, -0.2) is 9.69 Å². The number of nitrogens with zero attached hydrogens (tertiary/aromatic N) is 8. The summed E-state index contributed by atoms with van der Waals surface area (Å²) in [4.78, 5) is 12.5. The van der Waals surface area contributed by atoms with E-state index < -0.39 is 0 Å². The molecule has 0 amide bonds. The Labute approximate surface area is 414 Å². The number of pyridine rings is 1. The molecule has 9 aromatic carbocycles. The molecule has 0 bridgehead atoms. The molecular weight excluding hydrogens is 881 g/mol. The largest absolute Gasteiger partial charge is 0.309 e. The van der Waals surface area contributed by atoms with E-state index in [-0.39, 0.29) is 0 Å². The van der Waals surface area contributed by atoms with E-state index in [0.717, 1.165) is 111 Å². The lowest BCUT2D eigenvalue weighted by molar-refractivity contribution is 1.14. The molecule has 8 heteroatoms. The van der Waals surface area contributed by atoms with Gasteiger partial charge in [-0.05, 0) is 129 Å². The molecule has 0 saturated heterocycles. The zero-order valence-corrected chi connectivity index (χ0v) is 38.2. The van der Waals surface area contributed by atoms with E-state index >= 15 is 0 Å². The summed E-state index contributed by atoms with van der Waals surface area (Å²) in [6, 6.07) is 70.5. The number of para-hydroxylation sites is 2. The normalized spacial score (nSPS) is 11.0. The van der Waals surface area contributed by atoms with Gasteiger partial charge in [0.2, 0.25) is 0 Å². The lowest BCUT2D eigenvalue weighted by Crippen LogP contribution is -2.02. The monoisotopic (exact) mass is 914 g/mol. The van der Waals surface area contributed by atoms with E-state index in [2.05, 4.69) is 104 Å². The van der Waals surface area contributed by atoms with Crippen LogP contribution in [0.3, 0.4) is 0 Å². The SMILES string of the molecule is [C-]#[N+]c1ccccc1-c1ccc2c(c1)c1cc(-c3ccccc3C#N)ccc1n2-c1ccncc1-c1cc(C#N)ccc1-n1c2ccc(-c3ccccc3C#N)cc2c2cc(-c3ccccc3[N+]#[C-])ccc21. The number of aromatic nitrogens is 3. The Balaban J connectivity index is 1.13. The van der Waals surface area contributed by atoms with Gasteiger partial charge in [-0.1, -0.05) is 109 Å². The van der Waals surface area contributed by atoms with Crippen molar-refractivity contribution in [2.45, 2.75) is 0 Å². The van der Waals surface area contributed by atoms with Crippen molar-refractivity contribution >= 4 is 55.0 Å². The molecule has 3 aromatic heterocycles. The van der Waals surface area contributed by atoms with E-state index in [0.29, 0.717) is 28.1 Å². The number of nitriles is 3. The minimum Gasteiger partial charge on any atom is -0.309 e. The maximum atomic E-state index is 10.5. The predicted octanol–water partition coefficient (Wildman–Crippen LogP) is 16.3. The molecule has 0 saturated carbocycles. The van der Waals surface area contributed by atoms with E-state index in [4.69, 9.17) is 18.1 Å². The average Bonchev–Trinajstić information content (AvgIpc) is 3.95. The lowest BCUT2D eigenvalue weighted by atomic mass is 9.97. The van der Waals surface area contributed by atoms with E-state index in [1.54, 1.807) is 6.20 Å². The van der Waals surface area contributed by atoms with Crippen molar-refractivity contribution in [2.75, 3.05) is 0 Å². The van der Waals surface area contributed by atoms with Crippen molar-refractivity contribution in [1.29, 1.82) is 15.8 Å². The Kier molecular flexibility index (Phi) is 10.3. The van der Waals surface area contributed by atoms with Crippen molar-refractivity contribution in [1.82, 2.24) is 14.1 Å². The van der Waals surface area contributed by atoms with Gasteiger partial charge < -0.3 is 9.13 Å². The minimum absolute atomic E-state index is 0.476. The average molecular weight is 915 g/mol. The fourth-order valence-corrected chi connectivity index (χ4v) is 10.3. The topological polar surface area (TPSA) is 103 Å². The van der Waals surface area contributed by atoms with Crippen molar-refractivity contribution in [3.8, 4) is 85.2 Å². The van der Waals surface area contributed by atoms with Crippen molar-refractivity contribution < 1.29 is 0 Å². The van der Waals surface area contributed by atoms with Crippen LogP contribution < -0.4 is 0 Å². The van der Waals surface area contributed by atoms with Gasteiger partial charge >= 0.3 is 0 Å². The van der Waals surface area contributed by atoms with Crippen LogP contribution in [0, 0.1) is 47.1 Å². The van der Waals surface area contributed by atoms with Gasteiger partial charge in [0, 0.05) is 45.1 Å². The summed E-state index contributed by atoms with van der Waals surface area (Å²) in [7, 11) is 0. The first-order valence-electron chi connectivity index (χ1n) is 23.1. The highest BCUT2D eigenvalue weighted by atomic mass is 15.0. The molecule has 0 atom stereocenters.